The number of rotatable bonds is 6. The highest BCUT2D eigenvalue weighted by molar-refractivity contribution is 5.78. The topological polar surface area (TPSA) is 59.9 Å². The molecule has 1 aliphatic rings. The highest BCUT2D eigenvalue weighted by Crippen LogP contribution is 2.21. The molecule has 1 aliphatic carbocycles. The number of carbonyl (C=O) groups is 1. The molecule has 0 bridgehead atoms. The Balaban J connectivity index is 1.67. The summed E-state index contributed by atoms with van der Waals surface area (Å²) in [5, 5.41) is 4.01. The lowest BCUT2D eigenvalue weighted by Gasteiger charge is -2.16. The van der Waals surface area contributed by atoms with Crippen LogP contribution in [0.4, 0.5) is 0 Å². The molecule has 1 saturated carbocycles. The van der Waals surface area contributed by atoms with Crippen molar-refractivity contribution in [3.8, 4) is 11.5 Å². The van der Waals surface area contributed by atoms with E-state index in [1.165, 1.54) is 32.1 Å². The zero-order valence-corrected chi connectivity index (χ0v) is 12.4. The summed E-state index contributed by atoms with van der Waals surface area (Å²) in [6, 6.07) is 7.09. The molecule has 0 atom stereocenters. The van der Waals surface area contributed by atoms with Crippen LogP contribution in [0.5, 0.6) is 11.5 Å². The number of hydrogen-bond donors (Lipinski definition) is 1. The fourth-order valence-electron chi connectivity index (χ4n) is 2.35. The molecule has 0 aromatic heterocycles. The predicted octanol–water partition coefficient (Wildman–Crippen LogP) is 2.76. The molecule has 1 aromatic carbocycles. The highest BCUT2D eigenvalue weighted by atomic mass is 16.5. The Kier molecular flexibility index (Phi) is 6.06. The lowest BCUT2D eigenvalue weighted by atomic mass is 9.90. The molecule has 0 saturated heterocycles. The van der Waals surface area contributed by atoms with Crippen LogP contribution in [-0.4, -0.2) is 25.8 Å². The number of nitrogens with one attached hydrogen (secondary N) is 1. The zero-order chi connectivity index (χ0) is 14.9. The van der Waals surface area contributed by atoms with E-state index in [-0.39, 0.29) is 12.5 Å². The Hall–Kier alpha value is -2.04. The van der Waals surface area contributed by atoms with Gasteiger partial charge in [-0.3, -0.25) is 4.79 Å². The van der Waals surface area contributed by atoms with Gasteiger partial charge in [0.25, 0.3) is 5.91 Å². The number of ether oxygens (including phenoxy) is 2. The predicted molar refractivity (Wildman–Crippen MR) is 81.7 cm³/mol. The molecule has 114 valence electrons. The van der Waals surface area contributed by atoms with Gasteiger partial charge in [0.05, 0.1) is 7.11 Å². The molecule has 0 radical (unpaired) electrons. The first-order chi connectivity index (χ1) is 10.3. The van der Waals surface area contributed by atoms with Crippen molar-refractivity contribution in [2.45, 2.75) is 32.1 Å². The van der Waals surface area contributed by atoms with Crippen LogP contribution < -0.4 is 14.9 Å². The molecule has 0 unspecified atom stereocenters. The van der Waals surface area contributed by atoms with Crippen molar-refractivity contribution in [2.75, 3.05) is 13.7 Å². The molecular formula is C16H22N2O3. The minimum absolute atomic E-state index is 0.0473. The van der Waals surface area contributed by atoms with E-state index < -0.39 is 0 Å². The number of nitrogens with zero attached hydrogens (tertiary/aromatic N) is 1. The summed E-state index contributed by atoms with van der Waals surface area (Å²) in [5.41, 5.74) is 2.50. The molecular weight excluding hydrogens is 268 g/mol. The molecule has 0 spiro atoms. The molecule has 5 nitrogen and oxygen atoms in total. The van der Waals surface area contributed by atoms with E-state index in [0.717, 1.165) is 5.75 Å². The molecule has 1 aromatic rings. The third-order valence-electron chi connectivity index (χ3n) is 3.55. The summed E-state index contributed by atoms with van der Waals surface area (Å²) in [7, 11) is 1.60. The highest BCUT2D eigenvalue weighted by Gasteiger charge is 2.10. The number of hydrazone groups is 1. The van der Waals surface area contributed by atoms with Gasteiger partial charge < -0.3 is 9.47 Å². The van der Waals surface area contributed by atoms with Crippen molar-refractivity contribution in [1.82, 2.24) is 5.43 Å². The number of methoxy groups -OCH3 is 1. The molecule has 2 rings (SSSR count). The Labute approximate surface area is 125 Å². The van der Waals surface area contributed by atoms with Crippen LogP contribution in [0.1, 0.15) is 32.1 Å². The lowest BCUT2D eigenvalue weighted by molar-refractivity contribution is -0.123. The quantitative estimate of drug-likeness (QED) is 0.647. The molecule has 0 heterocycles. The molecule has 5 heteroatoms. The summed E-state index contributed by atoms with van der Waals surface area (Å²) < 4.78 is 10.4. The average molecular weight is 290 g/mol. The maximum atomic E-state index is 11.6. The second-order valence-electron chi connectivity index (χ2n) is 5.18. The fraction of sp³-hybridized carbons (Fsp3) is 0.500. The molecule has 1 amide bonds. The third-order valence-corrected chi connectivity index (χ3v) is 3.55. The molecule has 21 heavy (non-hydrogen) atoms. The normalized spacial score (nSPS) is 15.9. The van der Waals surface area contributed by atoms with Gasteiger partial charge in [-0.1, -0.05) is 19.3 Å². The maximum absolute atomic E-state index is 11.6. The van der Waals surface area contributed by atoms with E-state index in [2.05, 4.69) is 10.5 Å². The van der Waals surface area contributed by atoms with E-state index in [9.17, 15) is 4.79 Å². The van der Waals surface area contributed by atoms with Crippen molar-refractivity contribution in [3.63, 3.8) is 0 Å². The first-order valence-corrected chi connectivity index (χ1v) is 7.37. The van der Waals surface area contributed by atoms with Crippen molar-refractivity contribution >= 4 is 12.1 Å². The summed E-state index contributed by atoms with van der Waals surface area (Å²) in [6.07, 6.45) is 8.01. The van der Waals surface area contributed by atoms with E-state index in [1.54, 1.807) is 31.4 Å². The third kappa shape index (κ3) is 5.45. The average Bonchev–Trinajstić information content (AvgIpc) is 2.54. The van der Waals surface area contributed by atoms with Crippen LogP contribution in [0.3, 0.4) is 0 Å². The number of hydrogen-bond acceptors (Lipinski definition) is 4. The standard InChI is InChI=1S/C16H22N2O3/c1-20-14-7-9-15(10-8-14)21-12-16(19)18-17-11-13-5-3-2-4-6-13/h7-11,13H,2-6,12H2,1H3,(H,18,19)/b17-11+. The van der Waals surface area contributed by atoms with Crippen LogP contribution in [0.15, 0.2) is 29.4 Å². The second kappa shape index (κ2) is 8.29. The molecule has 0 aliphatic heterocycles. The SMILES string of the molecule is COc1ccc(OCC(=O)N/N=C/C2CCCCC2)cc1. The van der Waals surface area contributed by atoms with E-state index >= 15 is 0 Å². The van der Waals surface area contributed by atoms with E-state index in [4.69, 9.17) is 9.47 Å². The zero-order valence-electron chi connectivity index (χ0n) is 12.4. The Morgan fingerprint density at radius 2 is 1.90 bits per heavy atom. The van der Waals surface area contributed by atoms with Gasteiger partial charge in [0.15, 0.2) is 6.61 Å². The van der Waals surface area contributed by atoms with Gasteiger partial charge in [-0.2, -0.15) is 5.10 Å². The van der Waals surface area contributed by atoms with Gasteiger partial charge in [0.1, 0.15) is 11.5 Å². The lowest BCUT2D eigenvalue weighted by Crippen LogP contribution is -2.25. The number of carbonyl (C=O) groups excluding carboxylic acids is 1. The summed E-state index contributed by atoms with van der Waals surface area (Å²) in [4.78, 5) is 11.6. The van der Waals surface area contributed by atoms with Gasteiger partial charge in [0, 0.05) is 6.21 Å². The first kappa shape index (κ1) is 15.4. The van der Waals surface area contributed by atoms with Crippen LogP contribution in [0.25, 0.3) is 0 Å². The smallest absolute Gasteiger partial charge is 0.277 e. The first-order valence-electron chi connectivity index (χ1n) is 7.37. The van der Waals surface area contributed by atoms with Crippen LogP contribution in [0.2, 0.25) is 0 Å². The van der Waals surface area contributed by atoms with Crippen LogP contribution >= 0.6 is 0 Å². The van der Waals surface area contributed by atoms with Crippen molar-refractivity contribution in [2.24, 2.45) is 11.0 Å². The van der Waals surface area contributed by atoms with Crippen LogP contribution in [-0.2, 0) is 4.79 Å². The molecule has 1 N–H and O–H groups in total. The van der Waals surface area contributed by atoms with Crippen molar-refractivity contribution in [3.05, 3.63) is 24.3 Å². The Morgan fingerprint density at radius 3 is 2.57 bits per heavy atom. The van der Waals surface area contributed by atoms with Crippen molar-refractivity contribution in [1.29, 1.82) is 0 Å². The largest absolute Gasteiger partial charge is 0.497 e. The van der Waals surface area contributed by atoms with Gasteiger partial charge in [-0.25, -0.2) is 5.43 Å². The minimum Gasteiger partial charge on any atom is -0.497 e. The second-order valence-corrected chi connectivity index (χ2v) is 5.18. The molecule has 1 fully saturated rings. The summed E-state index contributed by atoms with van der Waals surface area (Å²) in [5.74, 6) is 1.63. The summed E-state index contributed by atoms with van der Waals surface area (Å²) >= 11 is 0. The Bertz CT molecular complexity index is 465. The minimum atomic E-state index is -0.252. The van der Waals surface area contributed by atoms with E-state index in [0.29, 0.717) is 11.7 Å². The van der Waals surface area contributed by atoms with Gasteiger partial charge in [0.2, 0.25) is 0 Å². The number of benzene rings is 1. The van der Waals surface area contributed by atoms with E-state index in [1.807, 2.05) is 6.21 Å². The van der Waals surface area contributed by atoms with Gasteiger partial charge >= 0.3 is 0 Å². The van der Waals surface area contributed by atoms with Crippen molar-refractivity contribution < 1.29 is 14.3 Å². The van der Waals surface area contributed by atoms with Crippen LogP contribution in [0, 0.1) is 5.92 Å². The maximum Gasteiger partial charge on any atom is 0.277 e. The van der Waals surface area contributed by atoms with Gasteiger partial charge in [-0.15, -0.1) is 0 Å². The monoisotopic (exact) mass is 290 g/mol. The summed E-state index contributed by atoms with van der Waals surface area (Å²) in [6.45, 7) is -0.0473. The fourth-order valence-corrected chi connectivity index (χ4v) is 2.35. The Morgan fingerprint density at radius 1 is 1.24 bits per heavy atom. The number of amides is 1. The van der Waals surface area contributed by atoms with Gasteiger partial charge in [-0.05, 0) is 43.0 Å².